The minimum Gasteiger partial charge on any atom is -0.508 e. The summed E-state index contributed by atoms with van der Waals surface area (Å²) in [7, 11) is 0. The summed E-state index contributed by atoms with van der Waals surface area (Å²) in [4.78, 5) is 0. The molecule has 4 rings (SSSR count). The van der Waals surface area contributed by atoms with Crippen LogP contribution in [-0.2, 0) is 11.9 Å². The van der Waals surface area contributed by atoms with Crippen molar-refractivity contribution in [1.82, 2.24) is 0 Å². The van der Waals surface area contributed by atoms with Crippen LogP contribution in [0.5, 0.6) is 11.5 Å². The average molecular weight is 529 g/mol. The quantitative estimate of drug-likeness (QED) is 0.268. The zero-order valence-corrected chi connectivity index (χ0v) is 20.2. The lowest BCUT2D eigenvalue weighted by atomic mass is 10.2. The maximum Gasteiger partial charge on any atom is 0.127 e. The van der Waals surface area contributed by atoms with Crippen molar-refractivity contribution in [3.8, 4) is 11.5 Å². The molecular formula is C29H31BrF2O2. The summed E-state index contributed by atoms with van der Waals surface area (Å²) in [5, 5.41) is 9.71. The van der Waals surface area contributed by atoms with Gasteiger partial charge < -0.3 is 9.84 Å². The van der Waals surface area contributed by atoms with Crippen molar-refractivity contribution in [3.05, 3.63) is 131 Å². The normalized spacial score (nSPS) is 9.44. The topological polar surface area (TPSA) is 29.5 Å². The van der Waals surface area contributed by atoms with Crippen molar-refractivity contribution in [1.29, 1.82) is 0 Å². The molecule has 4 aromatic carbocycles. The second kappa shape index (κ2) is 15.6. The predicted molar refractivity (Wildman–Crippen MR) is 141 cm³/mol. The molecule has 0 radical (unpaired) electrons. The summed E-state index contributed by atoms with van der Waals surface area (Å²) >= 11 is 3.36. The van der Waals surface area contributed by atoms with Crippen LogP contribution in [-0.4, -0.2) is 5.11 Å². The minimum absolute atomic E-state index is 0. The second-order valence-corrected chi connectivity index (χ2v) is 7.91. The molecule has 0 amide bonds. The molecular weight excluding hydrogens is 498 g/mol. The van der Waals surface area contributed by atoms with E-state index in [0.717, 1.165) is 28.1 Å². The molecule has 0 aromatic heterocycles. The first-order chi connectivity index (χ1) is 15.9. The lowest BCUT2D eigenvalue weighted by Gasteiger charge is -2.07. The average Bonchev–Trinajstić information content (AvgIpc) is 2.78. The van der Waals surface area contributed by atoms with Crippen molar-refractivity contribution >= 4 is 15.9 Å². The number of rotatable bonds is 4. The van der Waals surface area contributed by atoms with E-state index in [4.69, 9.17) is 9.84 Å². The highest BCUT2D eigenvalue weighted by Gasteiger charge is 1.99. The van der Waals surface area contributed by atoms with E-state index in [0.29, 0.717) is 12.4 Å². The van der Waals surface area contributed by atoms with Crippen molar-refractivity contribution in [2.24, 2.45) is 0 Å². The van der Waals surface area contributed by atoms with Crippen molar-refractivity contribution in [3.63, 3.8) is 0 Å². The van der Waals surface area contributed by atoms with Crippen LogP contribution in [0.15, 0.2) is 97.1 Å². The molecule has 0 spiro atoms. The molecule has 0 unspecified atom stereocenters. The number of phenolic OH excluding ortho intramolecular Hbond substituents is 1. The van der Waals surface area contributed by atoms with Crippen molar-refractivity contribution in [2.45, 2.75) is 33.2 Å². The fourth-order valence-corrected chi connectivity index (χ4v) is 3.18. The predicted octanol–water partition coefficient (Wildman–Crippen LogP) is 8.77. The highest BCUT2D eigenvalue weighted by Crippen LogP contribution is 2.17. The molecule has 0 bridgehead atoms. The first-order valence-corrected chi connectivity index (χ1v) is 11.5. The van der Waals surface area contributed by atoms with Gasteiger partial charge in [-0.1, -0.05) is 84.0 Å². The summed E-state index contributed by atoms with van der Waals surface area (Å²) in [6.45, 7) is 4.03. The molecule has 0 fully saturated rings. The SMILES string of the molecule is BrCc1ccccc1.C.Cc1cc(F)cc(OCc2ccccc2)c1.Cc1cc(O)cc(F)c1. The van der Waals surface area contributed by atoms with Gasteiger partial charge in [-0.15, -0.1) is 0 Å². The van der Waals surface area contributed by atoms with Gasteiger partial charge in [-0.05, 0) is 60.4 Å². The molecule has 0 aliphatic carbocycles. The standard InChI is InChI=1S/C14H13FO.C7H7Br.C7H7FO.CH4/c1-11-7-13(15)9-14(8-11)16-10-12-5-3-2-4-6-12;8-6-7-4-2-1-3-5-7;1-5-2-6(8)4-7(9)3-5;/h2-9H,10H2,1H3;1-5H,6H2;2-4,9H,1H3;1H4. The third kappa shape index (κ3) is 11.6. The van der Waals surface area contributed by atoms with Gasteiger partial charge in [0.2, 0.25) is 0 Å². The first-order valence-electron chi connectivity index (χ1n) is 10.4. The maximum atomic E-state index is 13.1. The van der Waals surface area contributed by atoms with E-state index in [1.807, 2.05) is 61.5 Å². The summed E-state index contributed by atoms with van der Waals surface area (Å²) in [5.74, 6) is -0.107. The van der Waals surface area contributed by atoms with E-state index in [9.17, 15) is 8.78 Å². The second-order valence-electron chi connectivity index (χ2n) is 7.34. The van der Waals surface area contributed by atoms with Crippen LogP contribution >= 0.6 is 15.9 Å². The fraction of sp³-hybridized carbons (Fsp3) is 0.172. The minimum atomic E-state index is -0.396. The number of halogens is 3. The Morgan fingerprint density at radius 2 is 1.21 bits per heavy atom. The van der Waals surface area contributed by atoms with E-state index in [2.05, 4.69) is 28.1 Å². The number of ether oxygens (including phenoxy) is 1. The molecule has 180 valence electrons. The first kappa shape index (κ1) is 28.9. The van der Waals surface area contributed by atoms with Gasteiger partial charge in [0, 0.05) is 17.5 Å². The molecule has 0 aliphatic heterocycles. The van der Waals surface area contributed by atoms with Gasteiger partial charge in [0.1, 0.15) is 29.7 Å². The molecule has 1 N–H and O–H groups in total. The number of alkyl halides is 1. The Labute approximate surface area is 210 Å². The van der Waals surface area contributed by atoms with Crippen LogP contribution in [0.2, 0.25) is 0 Å². The monoisotopic (exact) mass is 528 g/mol. The molecule has 0 saturated carbocycles. The summed E-state index contributed by atoms with van der Waals surface area (Å²) < 4.78 is 30.9. The summed E-state index contributed by atoms with van der Waals surface area (Å²) in [5.41, 5.74) is 3.99. The van der Waals surface area contributed by atoms with Crippen LogP contribution in [0.25, 0.3) is 0 Å². The molecule has 4 aromatic rings. The number of aromatic hydroxyl groups is 1. The molecule has 0 aliphatic rings. The number of phenols is 1. The Kier molecular flexibility index (Phi) is 13.3. The molecule has 34 heavy (non-hydrogen) atoms. The van der Waals surface area contributed by atoms with Gasteiger partial charge in [0.25, 0.3) is 0 Å². The zero-order chi connectivity index (χ0) is 24.1. The number of aryl methyl sites for hydroxylation is 2. The Morgan fingerprint density at radius 1 is 0.706 bits per heavy atom. The van der Waals surface area contributed by atoms with Crippen LogP contribution < -0.4 is 4.74 Å². The Balaban J connectivity index is 0.000000274. The molecule has 5 heteroatoms. The highest BCUT2D eigenvalue weighted by molar-refractivity contribution is 9.08. The third-order valence-corrected chi connectivity index (χ3v) is 4.94. The smallest absolute Gasteiger partial charge is 0.127 e. The number of benzene rings is 4. The maximum absolute atomic E-state index is 13.1. The van der Waals surface area contributed by atoms with E-state index < -0.39 is 5.82 Å². The Hall–Kier alpha value is -3.18. The molecule has 0 atom stereocenters. The van der Waals surface area contributed by atoms with Crippen LogP contribution in [0, 0.1) is 25.5 Å². The number of hydrogen-bond donors (Lipinski definition) is 1. The molecule has 2 nitrogen and oxygen atoms in total. The number of hydrogen-bond acceptors (Lipinski definition) is 2. The summed E-state index contributed by atoms with van der Waals surface area (Å²) in [6.07, 6.45) is 0. The zero-order valence-electron chi connectivity index (χ0n) is 18.6. The highest BCUT2D eigenvalue weighted by atomic mass is 79.9. The van der Waals surface area contributed by atoms with Crippen LogP contribution in [0.3, 0.4) is 0 Å². The van der Waals surface area contributed by atoms with Crippen molar-refractivity contribution in [2.75, 3.05) is 0 Å². The van der Waals surface area contributed by atoms with Gasteiger partial charge in [0.15, 0.2) is 0 Å². The fourth-order valence-electron chi connectivity index (χ4n) is 2.81. The lowest BCUT2D eigenvalue weighted by molar-refractivity contribution is 0.304. The van der Waals surface area contributed by atoms with Crippen LogP contribution in [0.4, 0.5) is 8.78 Å². The van der Waals surface area contributed by atoms with Gasteiger partial charge in [-0.2, -0.15) is 0 Å². The van der Waals surface area contributed by atoms with E-state index in [-0.39, 0.29) is 19.0 Å². The Morgan fingerprint density at radius 3 is 1.65 bits per heavy atom. The van der Waals surface area contributed by atoms with E-state index in [1.165, 1.54) is 29.8 Å². The van der Waals surface area contributed by atoms with Gasteiger partial charge in [-0.3, -0.25) is 0 Å². The van der Waals surface area contributed by atoms with Gasteiger partial charge >= 0.3 is 0 Å². The third-order valence-electron chi connectivity index (χ3n) is 4.29. The Bertz CT molecular complexity index is 1030. The largest absolute Gasteiger partial charge is 0.508 e. The van der Waals surface area contributed by atoms with E-state index in [1.54, 1.807) is 6.92 Å². The summed E-state index contributed by atoms with van der Waals surface area (Å²) in [6, 6.07) is 28.7. The van der Waals surface area contributed by atoms with Crippen LogP contribution in [0.1, 0.15) is 29.7 Å². The van der Waals surface area contributed by atoms with Gasteiger partial charge in [0.05, 0.1) is 0 Å². The lowest BCUT2D eigenvalue weighted by Crippen LogP contribution is -1.95. The molecule has 0 heterocycles. The van der Waals surface area contributed by atoms with Crippen molar-refractivity contribution < 1.29 is 18.6 Å². The van der Waals surface area contributed by atoms with E-state index >= 15 is 0 Å². The molecule has 0 saturated heterocycles. The van der Waals surface area contributed by atoms with Gasteiger partial charge in [-0.25, -0.2) is 8.78 Å².